The number of halogens is 1. The van der Waals surface area contributed by atoms with Crippen molar-refractivity contribution in [3.05, 3.63) is 102 Å². The van der Waals surface area contributed by atoms with Crippen molar-refractivity contribution in [2.45, 2.75) is 24.1 Å². The largest absolute Gasteiger partial charge is 0.351 e. The number of carbonyl (C=O) groups excluding carboxylic acids is 1. The van der Waals surface area contributed by atoms with Crippen LogP contribution in [0.1, 0.15) is 23.9 Å². The molecular weight excluding hydrogens is 435 g/mol. The first-order valence-electron chi connectivity index (χ1n) is 11.2. The van der Waals surface area contributed by atoms with E-state index in [0.717, 1.165) is 5.56 Å². The van der Waals surface area contributed by atoms with Crippen LogP contribution in [0.15, 0.2) is 90.3 Å². The fourth-order valence-electron chi connectivity index (χ4n) is 4.99. The molecule has 0 saturated carbocycles. The normalized spacial score (nSPS) is 24.4. The number of imidazole rings is 1. The average molecular weight is 461 g/mol. The number of amides is 1. The molecule has 3 unspecified atom stereocenters. The molecule has 1 aliphatic heterocycles. The number of allylic oxidation sites excluding steroid dienone is 2. The molecule has 7 nitrogen and oxygen atoms in total. The average Bonchev–Trinajstić information content (AvgIpc) is 3.46. The molecule has 5 rings (SSSR count). The Hall–Kier alpha value is -3.78. The molecular formula is C26H25FN4O3. The number of carbonyl (C=O) groups is 1. The quantitative estimate of drug-likeness (QED) is 0.431. The van der Waals surface area contributed by atoms with Gasteiger partial charge in [0, 0.05) is 32.5 Å². The van der Waals surface area contributed by atoms with Crippen LogP contribution in [0.4, 0.5) is 4.39 Å². The lowest BCUT2D eigenvalue weighted by molar-refractivity contribution is -0.125. The summed E-state index contributed by atoms with van der Waals surface area (Å²) in [4.78, 5) is 31.8. The summed E-state index contributed by atoms with van der Waals surface area (Å²) < 4.78 is 24.4. The van der Waals surface area contributed by atoms with Crippen molar-refractivity contribution in [3.8, 4) is 0 Å². The van der Waals surface area contributed by atoms with E-state index in [1.165, 1.54) is 23.8 Å². The highest BCUT2D eigenvalue weighted by Gasteiger charge is 2.39. The number of pyridine rings is 1. The summed E-state index contributed by atoms with van der Waals surface area (Å²) in [6, 6.07) is 10.9. The van der Waals surface area contributed by atoms with E-state index in [9.17, 15) is 9.59 Å². The lowest BCUT2D eigenvalue weighted by atomic mass is 9.90. The van der Waals surface area contributed by atoms with Crippen LogP contribution in [-0.2, 0) is 15.3 Å². The van der Waals surface area contributed by atoms with Crippen molar-refractivity contribution in [1.82, 2.24) is 19.0 Å². The van der Waals surface area contributed by atoms with Crippen molar-refractivity contribution in [1.29, 1.82) is 0 Å². The van der Waals surface area contributed by atoms with Gasteiger partial charge in [0.05, 0.1) is 29.2 Å². The van der Waals surface area contributed by atoms with E-state index in [1.807, 2.05) is 30.3 Å². The van der Waals surface area contributed by atoms with Crippen molar-refractivity contribution in [2.24, 2.45) is 0 Å². The molecule has 0 spiro atoms. The number of hydrogen-bond donors (Lipinski definition) is 0. The third kappa shape index (κ3) is 3.42. The highest BCUT2D eigenvalue weighted by molar-refractivity contribution is 5.87. The molecule has 3 atom stereocenters. The minimum atomic E-state index is -1.45. The van der Waals surface area contributed by atoms with Gasteiger partial charge in [0.15, 0.2) is 5.72 Å². The SMILES string of the molecule is C=CC(=O)N1CCC(n2c(=O)n(C3(OC)C=CC(c4ccccc4)C(F)=C3)c3cnccc32)C1. The summed E-state index contributed by atoms with van der Waals surface area (Å²) in [5.41, 5.74) is 0.186. The maximum Gasteiger partial charge on any atom is 0.332 e. The van der Waals surface area contributed by atoms with Gasteiger partial charge in [0.2, 0.25) is 5.91 Å². The molecule has 1 amide bonds. The predicted molar refractivity (Wildman–Crippen MR) is 127 cm³/mol. The number of aromatic nitrogens is 3. The lowest BCUT2D eigenvalue weighted by Gasteiger charge is -2.31. The number of hydrogen-bond acceptors (Lipinski definition) is 4. The Morgan fingerprint density at radius 2 is 2.06 bits per heavy atom. The van der Waals surface area contributed by atoms with Crippen LogP contribution in [0.25, 0.3) is 11.0 Å². The van der Waals surface area contributed by atoms with E-state index in [1.54, 1.807) is 40.1 Å². The third-order valence-corrected chi connectivity index (χ3v) is 6.69. The first-order chi connectivity index (χ1) is 16.5. The minimum Gasteiger partial charge on any atom is -0.351 e. The number of rotatable bonds is 5. The first kappa shape index (κ1) is 22.0. The molecule has 174 valence electrons. The summed E-state index contributed by atoms with van der Waals surface area (Å²) in [7, 11) is 1.45. The van der Waals surface area contributed by atoms with Gasteiger partial charge < -0.3 is 9.64 Å². The molecule has 3 heterocycles. The molecule has 1 fully saturated rings. The summed E-state index contributed by atoms with van der Waals surface area (Å²) in [6.07, 6.45) is 9.89. The van der Waals surface area contributed by atoms with Crippen LogP contribution in [0, 0.1) is 0 Å². The predicted octanol–water partition coefficient (Wildman–Crippen LogP) is 3.66. The van der Waals surface area contributed by atoms with Crippen molar-refractivity contribution >= 4 is 16.9 Å². The van der Waals surface area contributed by atoms with E-state index in [0.29, 0.717) is 30.5 Å². The molecule has 1 aromatic carbocycles. The second-order valence-corrected chi connectivity index (χ2v) is 8.52. The Balaban J connectivity index is 1.62. The number of methoxy groups -OCH3 is 1. The van der Waals surface area contributed by atoms with E-state index in [2.05, 4.69) is 11.6 Å². The Labute approximate surface area is 196 Å². The second-order valence-electron chi connectivity index (χ2n) is 8.52. The second kappa shape index (κ2) is 8.53. The van der Waals surface area contributed by atoms with Crippen LogP contribution >= 0.6 is 0 Å². The van der Waals surface area contributed by atoms with Gasteiger partial charge in [0.25, 0.3) is 0 Å². The number of fused-ring (bicyclic) bond motifs is 1. The molecule has 2 aliphatic rings. The van der Waals surface area contributed by atoms with Crippen LogP contribution in [-0.4, -0.2) is 45.1 Å². The van der Waals surface area contributed by atoms with Crippen LogP contribution in [0.5, 0.6) is 0 Å². The third-order valence-electron chi connectivity index (χ3n) is 6.69. The molecule has 0 radical (unpaired) electrons. The summed E-state index contributed by atoms with van der Waals surface area (Å²) in [5, 5.41) is 0. The van der Waals surface area contributed by atoms with Crippen molar-refractivity contribution < 1.29 is 13.9 Å². The van der Waals surface area contributed by atoms with Crippen LogP contribution in [0.2, 0.25) is 0 Å². The molecule has 8 heteroatoms. The molecule has 34 heavy (non-hydrogen) atoms. The van der Waals surface area contributed by atoms with Gasteiger partial charge in [-0.2, -0.15) is 0 Å². The summed E-state index contributed by atoms with van der Waals surface area (Å²) in [6.45, 7) is 4.47. The first-order valence-corrected chi connectivity index (χ1v) is 11.2. The van der Waals surface area contributed by atoms with Gasteiger partial charge >= 0.3 is 5.69 Å². The zero-order valence-electron chi connectivity index (χ0n) is 18.8. The highest BCUT2D eigenvalue weighted by Crippen LogP contribution is 2.38. The number of benzene rings is 1. The molecule has 1 saturated heterocycles. The zero-order valence-corrected chi connectivity index (χ0v) is 18.8. The fourth-order valence-corrected chi connectivity index (χ4v) is 4.99. The summed E-state index contributed by atoms with van der Waals surface area (Å²) >= 11 is 0. The molecule has 1 aliphatic carbocycles. The highest BCUT2D eigenvalue weighted by atomic mass is 19.1. The summed E-state index contributed by atoms with van der Waals surface area (Å²) in [5.74, 6) is -1.13. The van der Waals surface area contributed by atoms with Gasteiger partial charge in [-0.05, 0) is 30.2 Å². The monoisotopic (exact) mass is 460 g/mol. The fraction of sp³-hybridized carbons (Fsp3) is 0.269. The number of likely N-dealkylation sites (tertiary alicyclic amines) is 1. The maximum atomic E-state index is 15.5. The van der Waals surface area contributed by atoms with Gasteiger partial charge in [-0.3, -0.25) is 18.9 Å². The van der Waals surface area contributed by atoms with Crippen molar-refractivity contribution in [2.75, 3.05) is 20.2 Å². The molecule has 2 aromatic heterocycles. The van der Waals surface area contributed by atoms with E-state index < -0.39 is 17.5 Å². The van der Waals surface area contributed by atoms with E-state index in [4.69, 9.17) is 4.74 Å². The Morgan fingerprint density at radius 3 is 2.76 bits per heavy atom. The molecule has 0 N–H and O–H groups in total. The molecule has 3 aromatic rings. The topological polar surface area (TPSA) is 69.4 Å². The van der Waals surface area contributed by atoms with Gasteiger partial charge in [-0.25, -0.2) is 9.18 Å². The molecule has 0 bridgehead atoms. The van der Waals surface area contributed by atoms with Gasteiger partial charge in [0.1, 0.15) is 5.83 Å². The Kier molecular flexibility index (Phi) is 5.53. The number of nitrogens with zero attached hydrogens (tertiary/aromatic N) is 4. The number of ether oxygens (including phenoxy) is 1. The van der Waals surface area contributed by atoms with Crippen LogP contribution in [0.3, 0.4) is 0 Å². The van der Waals surface area contributed by atoms with Crippen LogP contribution < -0.4 is 5.69 Å². The van der Waals surface area contributed by atoms with Gasteiger partial charge in [-0.15, -0.1) is 0 Å². The van der Waals surface area contributed by atoms with Gasteiger partial charge in [-0.1, -0.05) is 43.0 Å². The smallest absolute Gasteiger partial charge is 0.332 e. The Morgan fingerprint density at radius 1 is 1.26 bits per heavy atom. The minimum absolute atomic E-state index is 0.165. The maximum absolute atomic E-state index is 15.5. The van der Waals surface area contributed by atoms with E-state index in [-0.39, 0.29) is 17.6 Å². The van der Waals surface area contributed by atoms with Crippen molar-refractivity contribution in [3.63, 3.8) is 0 Å². The Bertz CT molecular complexity index is 1370. The zero-order chi connectivity index (χ0) is 23.9. The van der Waals surface area contributed by atoms with E-state index >= 15 is 4.39 Å². The lowest BCUT2D eigenvalue weighted by Crippen LogP contribution is -2.42. The standard InChI is InChI=1S/C26H25FN4O3/c1-3-24(32)29-14-11-19(17-29)30-22-10-13-28-16-23(22)31(25(30)33)26(34-2)12-9-20(21(27)15-26)18-7-5-4-6-8-18/h3-10,12-13,15-16,19-20H,1,11,14,17H2,2H3.